The molecule has 19 heavy (non-hydrogen) atoms. The zero-order valence-electron chi connectivity index (χ0n) is 13.1. The first-order chi connectivity index (χ1) is 8.41. The van der Waals surface area contributed by atoms with Crippen molar-refractivity contribution in [2.24, 2.45) is 5.92 Å². The summed E-state index contributed by atoms with van der Waals surface area (Å²) in [5.41, 5.74) is -0.621. The highest BCUT2D eigenvalue weighted by Crippen LogP contribution is 2.27. The summed E-state index contributed by atoms with van der Waals surface area (Å²) in [5, 5.41) is 0. The maximum atomic E-state index is 11.9. The molecule has 0 rings (SSSR count). The number of ether oxygens (including phenoxy) is 1. The van der Waals surface area contributed by atoms with Crippen molar-refractivity contribution in [3.05, 3.63) is 0 Å². The van der Waals surface area contributed by atoms with E-state index >= 15 is 0 Å². The minimum atomic E-state index is -3.28. The van der Waals surface area contributed by atoms with E-state index in [4.69, 9.17) is 4.74 Å². The number of esters is 1. The Bertz CT molecular complexity index is 401. The molecule has 0 aromatic rings. The van der Waals surface area contributed by atoms with Crippen LogP contribution in [0.15, 0.2) is 0 Å². The molecule has 6 heteroatoms. The molecule has 0 aliphatic carbocycles. The predicted molar refractivity (Wildman–Crippen MR) is 76.3 cm³/mol. The van der Waals surface area contributed by atoms with Crippen LogP contribution in [0.2, 0.25) is 0 Å². The summed E-state index contributed by atoms with van der Waals surface area (Å²) in [4.78, 5) is 11.9. The van der Waals surface area contributed by atoms with Gasteiger partial charge in [-0.3, -0.25) is 4.79 Å². The Kier molecular flexibility index (Phi) is 6.48. The number of hydrogen-bond donors (Lipinski definition) is 0. The lowest BCUT2D eigenvalue weighted by molar-refractivity contribution is -0.153. The second-order valence-electron chi connectivity index (χ2n) is 5.84. The van der Waals surface area contributed by atoms with Crippen molar-refractivity contribution >= 4 is 16.0 Å². The number of nitrogens with zero attached hydrogens (tertiary/aromatic N) is 1. The molecule has 0 saturated heterocycles. The standard InChI is InChI=1S/C13H27NO4S/c1-8-11(12(15)18-10(2)3)9-13(4,5)14(6)19(7,16)17/h10-11H,8-9H2,1-7H3. The fraction of sp³-hybridized carbons (Fsp3) is 0.923. The average Bonchev–Trinajstić information content (AvgIpc) is 2.22. The maximum Gasteiger partial charge on any atom is 0.309 e. The largest absolute Gasteiger partial charge is 0.463 e. The number of carbonyl (C=O) groups is 1. The summed E-state index contributed by atoms with van der Waals surface area (Å²) < 4.78 is 29.7. The zero-order chi connectivity index (χ0) is 15.4. The summed E-state index contributed by atoms with van der Waals surface area (Å²) in [6.07, 6.45) is 2.09. The highest BCUT2D eigenvalue weighted by atomic mass is 32.2. The molecule has 0 radical (unpaired) electrons. The van der Waals surface area contributed by atoms with Crippen LogP contribution in [-0.4, -0.2) is 43.6 Å². The molecule has 0 aliphatic rings. The quantitative estimate of drug-likeness (QED) is 0.674. The molecule has 0 fully saturated rings. The number of carbonyl (C=O) groups excluding carboxylic acids is 1. The first-order valence-electron chi connectivity index (χ1n) is 6.56. The predicted octanol–water partition coefficient (Wildman–Crippen LogP) is 2.02. The van der Waals surface area contributed by atoms with Crippen molar-refractivity contribution < 1.29 is 17.9 Å². The average molecular weight is 293 g/mol. The van der Waals surface area contributed by atoms with Crippen LogP contribution in [0.25, 0.3) is 0 Å². The van der Waals surface area contributed by atoms with E-state index in [2.05, 4.69) is 0 Å². The van der Waals surface area contributed by atoms with Crippen molar-refractivity contribution in [3.8, 4) is 0 Å². The van der Waals surface area contributed by atoms with Gasteiger partial charge in [-0.2, -0.15) is 4.31 Å². The topological polar surface area (TPSA) is 63.7 Å². The van der Waals surface area contributed by atoms with Gasteiger partial charge in [-0.25, -0.2) is 8.42 Å². The van der Waals surface area contributed by atoms with Crippen molar-refractivity contribution in [2.75, 3.05) is 13.3 Å². The van der Waals surface area contributed by atoms with Crippen molar-refractivity contribution in [3.63, 3.8) is 0 Å². The Balaban J connectivity index is 4.92. The third kappa shape index (κ3) is 5.91. The summed E-state index contributed by atoms with van der Waals surface area (Å²) in [6.45, 7) is 9.15. The van der Waals surface area contributed by atoms with Crippen LogP contribution in [0.1, 0.15) is 47.5 Å². The van der Waals surface area contributed by atoms with E-state index < -0.39 is 15.6 Å². The second kappa shape index (κ2) is 6.70. The number of sulfonamides is 1. The minimum Gasteiger partial charge on any atom is -0.463 e. The maximum absolute atomic E-state index is 11.9. The first-order valence-corrected chi connectivity index (χ1v) is 8.41. The van der Waals surface area contributed by atoms with Crippen LogP contribution in [0.4, 0.5) is 0 Å². The SMILES string of the molecule is CCC(CC(C)(C)N(C)S(C)(=O)=O)C(=O)OC(C)C. The van der Waals surface area contributed by atoms with E-state index in [9.17, 15) is 13.2 Å². The Morgan fingerprint density at radius 1 is 1.32 bits per heavy atom. The van der Waals surface area contributed by atoms with Crippen LogP contribution < -0.4 is 0 Å². The monoisotopic (exact) mass is 293 g/mol. The molecule has 0 saturated carbocycles. The molecule has 0 heterocycles. The van der Waals surface area contributed by atoms with Gasteiger partial charge in [0.25, 0.3) is 0 Å². The second-order valence-corrected chi connectivity index (χ2v) is 7.85. The Morgan fingerprint density at radius 2 is 1.79 bits per heavy atom. The highest BCUT2D eigenvalue weighted by molar-refractivity contribution is 7.88. The van der Waals surface area contributed by atoms with E-state index in [1.807, 2.05) is 20.8 Å². The summed E-state index contributed by atoms with van der Waals surface area (Å²) in [7, 11) is -1.74. The molecule has 5 nitrogen and oxygen atoms in total. The lowest BCUT2D eigenvalue weighted by atomic mass is 9.89. The van der Waals surface area contributed by atoms with Crippen LogP contribution >= 0.6 is 0 Å². The molecule has 1 unspecified atom stereocenters. The molecular weight excluding hydrogens is 266 g/mol. The van der Waals surface area contributed by atoms with Gasteiger partial charge in [0.05, 0.1) is 18.3 Å². The molecule has 0 spiro atoms. The molecule has 0 aliphatic heterocycles. The van der Waals surface area contributed by atoms with Gasteiger partial charge in [-0.05, 0) is 40.5 Å². The fourth-order valence-electron chi connectivity index (χ4n) is 1.90. The smallest absolute Gasteiger partial charge is 0.309 e. The molecule has 0 amide bonds. The van der Waals surface area contributed by atoms with E-state index in [-0.39, 0.29) is 18.0 Å². The summed E-state index contributed by atoms with van der Waals surface area (Å²) in [5.74, 6) is -0.547. The van der Waals surface area contributed by atoms with Crippen LogP contribution in [0, 0.1) is 5.92 Å². The summed E-state index contributed by atoms with van der Waals surface area (Å²) in [6, 6.07) is 0. The van der Waals surface area contributed by atoms with Crippen LogP contribution in [0.3, 0.4) is 0 Å². The third-order valence-electron chi connectivity index (χ3n) is 3.27. The van der Waals surface area contributed by atoms with Gasteiger partial charge in [0, 0.05) is 12.6 Å². The van der Waals surface area contributed by atoms with E-state index in [0.29, 0.717) is 12.8 Å². The molecule has 1 atom stereocenters. The van der Waals surface area contributed by atoms with Crippen LogP contribution in [-0.2, 0) is 19.6 Å². The molecule has 0 aromatic carbocycles. The van der Waals surface area contributed by atoms with Gasteiger partial charge in [-0.15, -0.1) is 0 Å². The highest BCUT2D eigenvalue weighted by Gasteiger charge is 2.35. The third-order valence-corrected chi connectivity index (χ3v) is 4.76. The van der Waals surface area contributed by atoms with Gasteiger partial charge in [0.2, 0.25) is 10.0 Å². The van der Waals surface area contributed by atoms with Gasteiger partial charge in [0.15, 0.2) is 0 Å². The molecule has 114 valence electrons. The lowest BCUT2D eigenvalue weighted by Crippen LogP contribution is -2.46. The van der Waals surface area contributed by atoms with Crippen molar-refractivity contribution in [1.29, 1.82) is 0 Å². The van der Waals surface area contributed by atoms with E-state index in [1.54, 1.807) is 13.8 Å². The molecular formula is C13H27NO4S. The van der Waals surface area contributed by atoms with Gasteiger partial charge < -0.3 is 4.74 Å². The van der Waals surface area contributed by atoms with Crippen molar-refractivity contribution in [2.45, 2.75) is 59.1 Å². The number of hydrogen-bond acceptors (Lipinski definition) is 4. The molecule has 0 aromatic heterocycles. The van der Waals surface area contributed by atoms with Gasteiger partial charge in [0.1, 0.15) is 0 Å². The molecule has 0 bridgehead atoms. The normalized spacial score (nSPS) is 14.8. The van der Waals surface area contributed by atoms with Gasteiger partial charge >= 0.3 is 5.97 Å². The number of rotatable bonds is 7. The van der Waals surface area contributed by atoms with Gasteiger partial charge in [-0.1, -0.05) is 6.92 Å². The molecule has 0 N–H and O–H groups in total. The first kappa shape index (κ1) is 18.4. The van der Waals surface area contributed by atoms with E-state index in [0.717, 1.165) is 0 Å². The van der Waals surface area contributed by atoms with Crippen molar-refractivity contribution in [1.82, 2.24) is 4.31 Å². The Labute approximate surface area is 117 Å². The lowest BCUT2D eigenvalue weighted by Gasteiger charge is -2.36. The minimum absolute atomic E-state index is 0.155. The Morgan fingerprint density at radius 3 is 2.11 bits per heavy atom. The van der Waals surface area contributed by atoms with E-state index in [1.165, 1.54) is 17.6 Å². The fourth-order valence-corrected chi connectivity index (χ4v) is 2.88. The summed E-state index contributed by atoms with van der Waals surface area (Å²) >= 11 is 0. The zero-order valence-corrected chi connectivity index (χ0v) is 13.9. The Hall–Kier alpha value is -0.620. The van der Waals surface area contributed by atoms with Crippen LogP contribution in [0.5, 0.6) is 0 Å².